The van der Waals surface area contributed by atoms with E-state index < -0.39 is 17.8 Å². The quantitative estimate of drug-likeness (QED) is 0.558. The van der Waals surface area contributed by atoms with Crippen molar-refractivity contribution in [3.05, 3.63) is 11.9 Å². The maximum atomic E-state index is 12.7. The van der Waals surface area contributed by atoms with Gasteiger partial charge in [0.2, 0.25) is 11.8 Å². The molecule has 22 heavy (non-hydrogen) atoms. The molecule has 0 aliphatic carbocycles. The molecule has 2 bridgehead atoms. The zero-order valence-corrected chi connectivity index (χ0v) is 12.2. The molecule has 4 atom stereocenters. The van der Waals surface area contributed by atoms with Gasteiger partial charge in [0.15, 0.2) is 5.69 Å². The van der Waals surface area contributed by atoms with Crippen molar-refractivity contribution in [2.45, 2.75) is 25.0 Å². The Kier molecular flexibility index (Phi) is 2.68. The van der Waals surface area contributed by atoms with Crippen LogP contribution in [0.2, 0.25) is 0 Å². The van der Waals surface area contributed by atoms with E-state index in [0.717, 1.165) is 17.7 Å². The van der Waals surface area contributed by atoms with Gasteiger partial charge in [-0.15, -0.1) is 0 Å². The minimum Gasteiger partial charge on any atom is -0.464 e. The van der Waals surface area contributed by atoms with Crippen LogP contribution in [0.4, 0.5) is 5.69 Å². The fourth-order valence-electron chi connectivity index (χ4n) is 3.87. The average Bonchev–Trinajstić information content (AvgIpc) is 3.23. The summed E-state index contributed by atoms with van der Waals surface area (Å²) in [5, 5.41) is 3.99. The number of anilines is 1. The molecule has 2 amide bonds. The largest absolute Gasteiger partial charge is 0.464 e. The van der Waals surface area contributed by atoms with E-state index in [0.29, 0.717) is 0 Å². The molecular weight excluding hydrogens is 290 g/mol. The maximum Gasteiger partial charge on any atom is 0.358 e. The third kappa shape index (κ3) is 1.50. The highest BCUT2D eigenvalue weighted by atomic mass is 16.5. The lowest BCUT2D eigenvalue weighted by molar-refractivity contribution is -0.124. The highest BCUT2D eigenvalue weighted by Crippen LogP contribution is 2.49. The van der Waals surface area contributed by atoms with E-state index in [1.54, 1.807) is 7.05 Å². The third-order valence-electron chi connectivity index (χ3n) is 4.82. The summed E-state index contributed by atoms with van der Waals surface area (Å²) in [6.45, 7) is 0. The van der Waals surface area contributed by atoms with E-state index in [2.05, 4.69) is 5.10 Å². The summed E-state index contributed by atoms with van der Waals surface area (Å²) >= 11 is 0. The third-order valence-corrected chi connectivity index (χ3v) is 4.82. The molecule has 0 unspecified atom stereocenters. The van der Waals surface area contributed by atoms with Crippen molar-refractivity contribution >= 4 is 23.5 Å². The van der Waals surface area contributed by atoms with Crippen LogP contribution in [0.15, 0.2) is 6.20 Å². The minimum atomic E-state index is -0.633. The van der Waals surface area contributed by atoms with Crippen LogP contribution in [0.1, 0.15) is 23.3 Å². The number of aryl methyl sites for hydroxylation is 1. The lowest BCUT2D eigenvalue weighted by Crippen LogP contribution is -2.35. The SMILES string of the molecule is COC(=O)c1c(N2C(=O)[C@@H]3[C@H](C2=O)[C@H]2CC[C@H]3O2)cnn1C. The van der Waals surface area contributed by atoms with Gasteiger partial charge in [-0.05, 0) is 12.8 Å². The zero-order chi connectivity index (χ0) is 15.6. The molecule has 0 radical (unpaired) electrons. The number of rotatable bonds is 2. The number of esters is 1. The van der Waals surface area contributed by atoms with Crippen LogP contribution in [0.3, 0.4) is 0 Å². The van der Waals surface area contributed by atoms with E-state index in [-0.39, 0.29) is 35.4 Å². The van der Waals surface area contributed by atoms with Crippen LogP contribution >= 0.6 is 0 Å². The van der Waals surface area contributed by atoms with Crippen LogP contribution in [-0.2, 0) is 26.1 Å². The summed E-state index contributed by atoms with van der Waals surface area (Å²) in [4.78, 5) is 38.4. The molecule has 3 saturated heterocycles. The molecule has 0 saturated carbocycles. The Balaban J connectivity index is 1.77. The van der Waals surface area contributed by atoms with Crippen molar-refractivity contribution in [3.8, 4) is 0 Å². The number of carbonyl (C=O) groups is 3. The molecular formula is C14H15N3O5. The van der Waals surface area contributed by atoms with Crippen molar-refractivity contribution in [3.63, 3.8) is 0 Å². The van der Waals surface area contributed by atoms with Gasteiger partial charge in [-0.25, -0.2) is 9.69 Å². The number of amides is 2. The first-order valence-corrected chi connectivity index (χ1v) is 7.18. The molecule has 3 fully saturated rings. The molecule has 0 aromatic carbocycles. The number of carbonyl (C=O) groups excluding carboxylic acids is 3. The second-order valence-corrected chi connectivity index (χ2v) is 5.85. The lowest BCUT2D eigenvalue weighted by Gasteiger charge is -2.17. The molecule has 116 valence electrons. The number of aromatic nitrogens is 2. The Morgan fingerprint density at radius 2 is 1.86 bits per heavy atom. The first kappa shape index (κ1) is 13.4. The minimum absolute atomic E-state index is 0.0949. The molecule has 8 nitrogen and oxygen atoms in total. The van der Waals surface area contributed by atoms with Gasteiger partial charge in [-0.3, -0.25) is 14.3 Å². The summed E-state index contributed by atoms with van der Waals surface area (Å²) in [6.07, 6.45) is 2.58. The van der Waals surface area contributed by atoms with Gasteiger partial charge in [0.1, 0.15) is 5.69 Å². The smallest absolute Gasteiger partial charge is 0.358 e. The number of hydrogen-bond acceptors (Lipinski definition) is 6. The Labute approximate surface area is 126 Å². The summed E-state index contributed by atoms with van der Waals surface area (Å²) in [5.74, 6) is -2.11. The second-order valence-electron chi connectivity index (χ2n) is 5.85. The van der Waals surface area contributed by atoms with Gasteiger partial charge in [0.05, 0.1) is 37.4 Å². The van der Waals surface area contributed by atoms with Gasteiger partial charge < -0.3 is 9.47 Å². The normalized spacial score (nSPS) is 32.7. The van der Waals surface area contributed by atoms with Crippen molar-refractivity contribution in [1.29, 1.82) is 0 Å². The second kappa shape index (κ2) is 4.39. The predicted molar refractivity (Wildman–Crippen MR) is 71.9 cm³/mol. The fourth-order valence-corrected chi connectivity index (χ4v) is 3.87. The molecule has 3 aliphatic heterocycles. The van der Waals surface area contributed by atoms with Gasteiger partial charge in [-0.1, -0.05) is 0 Å². The molecule has 0 N–H and O–H groups in total. The van der Waals surface area contributed by atoms with Crippen LogP contribution in [-0.4, -0.2) is 46.9 Å². The number of methoxy groups -OCH3 is 1. The Hall–Kier alpha value is -2.22. The molecule has 3 aliphatic rings. The van der Waals surface area contributed by atoms with Crippen molar-refractivity contribution in [2.75, 3.05) is 12.0 Å². The maximum absolute atomic E-state index is 12.7. The Bertz CT molecular complexity index is 669. The molecule has 4 rings (SSSR count). The average molecular weight is 305 g/mol. The van der Waals surface area contributed by atoms with Gasteiger partial charge in [-0.2, -0.15) is 5.10 Å². The first-order valence-electron chi connectivity index (χ1n) is 7.18. The van der Waals surface area contributed by atoms with E-state index in [9.17, 15) is 14.4 Å². The topological polar surface area (TPSA) is 90.7 Å². The van der Waals surface area contributed by atoms with E-state index in [1.165, 1.54) is 18.0 Å². The van der Waals surface area contributed by atoms with Gasteiger partial charge in [0, 0.05) is 7.05 Å². The predicted octanol–water partition coefficient (Wildman–Crippen LogP) is -0.127. The number of hydrogen-bond donors (Lipinski definition) is 0. The molecule has 8 heteroatoms. The van der Waals surface area contributed by atoms with E-state index in [1.807, 2.05) is 0 Å². The number of imide groups is 1. The standard InChI is InChI=1S/C14H15N3O5/c1-16-11(14(20)21-2)6(5-15-16)17-12(18)9-7-3-4-8(22-7)10(9)13(17)19/h5,7-10H,3-4H2,1-2H3/t7-,8-,9-,10+/m1/s1. The van der Waals surface area contributed by atoms with Crippen molar-refractivity contribution < 1.29 is 23.9 Å². The number of fused-ring (bicyclic) bond motifs is 5. The van der Waals surface area contributed by atoms with Crippen molar-refractivity contribution in [1.82, 2.24) is 9.78 Å². The summed E-state index contributed by atoms with van der Waals surface area (Å²) in [6, 6.07) is 0. The number of ether oxygens (including phenoxy) is 2. The van der Waals surface area contributed by atoms with Gasteiger partial charge in [0.25, 0.3) is 0 Å². The van der Waals surface area contributed by atoms with E-state index in [4.69, 9.17) is 9.47 Å². The highest BCUT2D eigenvalue weighted by Gasteiger charge is 2.63. The monoisotopic (exact) mass is 305 g/mol. The molecule has 1 aromatic heterocycles. The first-order chi connectivity index (χ1) is 10.5. The molecule has 4 heterocycles. The number of nitrogens with zero attached hydrogens (tertiary/aromatic N) is 3. The Morgan fingerprint density at radius 3 is 2.41 bits per heavy atom. The Morgan fingerprint density at radius 1 is 1.27 bits per heavy atom. The summed E-state index contributed by atoms with van der Waals surface area (Å²) in [7, 11) is 2.81. The van der Waals surface area contributed by atoms with Crippen LogP contribution < -0.4 is 4.90 Å². The van der Waals surface area contributed by atoms with Gasteiger partial charge >= 0.3 is 5.97 Å². The summed E-state index contributed by atoms with van der Waals surface area (Å²) in [5.41, 5.74) is 0.288. The highest BCUT2D eigenvalue weighted by molar-refractivity contribution is 6.24. The lowest BCUT2D eigenvalue weighted by atomic mass is 9.81. The van der Waals surface area contributed by atoms with Crippen LogP contribution in [0.25, 0.3) is 0 Å². The molecule has 0 spiro atoms. The van der Waals surface area contributed by atoms with Crippen molar-refractivity contribution in [2.24, 2.45) is 18.9 Å². The van der Waals surface area contributed by atoms with E-state index >= 15 is 0 Å². The zero-order valence-electron chi connectivity index (χ0n) is 12.2. The molecule has 1 aromatic rings. The van der Waals surface area contributed by atoms with Crippen LogP contribution in [0, 0.1) is 11.8 Å². The van der Waals surface area contributed by atoms with Crippen LogP contribution in [0.5, 0.6) is 0 Å². The fraction of sp³-hybridized carbons (Fsp3) is 0.571. The summed E-state index contributed by atoms with van der Waals surface area (Å²) < 4.78 is 11.7.